The van der Waals surface area contributed by atoms with Gasteiger partial charge in [-0.15, -0.1) is 0 Å². The summed E-state index contributed by atoms with van der Waals surface area (Å²) < 4.78 is 0. The molecule has 1 atom stereocenters. The summed E-state index contributed by atoms with van der Waals surface area (Å²) in [4.78, 5) is 32.9. The van der Waals surface area contributed by atoms with Crippen molar-refractivity contribution < 1.29 is 9.59 Å². The number of Topliss-reactive ketones (excluding diaryl/α,β-unsaturated/α-hetero) is 1. The zero-order chi connectivity index (χ0) is 22.0. The Balaban J connectivity index is 1.23. The van der Waals surface area contributed by atoms with E-state index in [1.807, 2.05) is 0 Å². The number of anilines is 2. The van der Waals surface area contributed by atoms with Gasteiger partial charge in [-0.1, -0.05) is 12.1 Å². The molecule has 0 unspecified atom stereocenters. The molecule has 0 aromatic heterocycles. The minimum absolute atomic E-state index is 0.118. The number of carbonyl (C=O) groups is 2. The monoisotopic (exact) mass is 424 g/mol. The van der Waals surface area contributed by atoms with Crippen LogP contribution in [-0.4, -0.2) is 72.5 Å². The van der Waals surface area contributed by atoms with Crippen LogP contribution in [0, 0.1) is 12.1 Å². The van der Waals surface area contributed by atoms with Gasteiger partial charge in [0, 0.05) is 64.6 Å². The van der Waals surface area contributed by atoms with Gasteiger partial charge >= 0.3 is 0 Å². The van der Waals surface area contributed by atoms with Crippen molar-refractivity contribution in [2.45, 2.75) is 57.5 Å². The van der Waals surface area contributed by atoms with Crippen molar-refractivity contribution in [3.8, 4) is 0 Å². The third kappa shape index (κ3) is 4.76. The van der Waals surface area contributed by atoms with E-state index in [9.17, 15) is 9.59 Å². The van der Waals surface area contributed by atoms with E-state index in [1.165, 1.54) is 11.4 Å². The van der Waals surface area contributed by atoms with Crippen LogP contribution in [0.25, 0.3) is 0 Å². The minimum atomic E-state index is -0.118. The van der Waals surface area contributed by atoms with Crippen LogP contribution in [0.2, 0.25) is 0 Å². The molecular weight excluding hydrogens is 390 g/mol. The SMILES string of the molecule is C[C@@H](CC(=N)C(=O)CCN1CCCC1=O)N1CCC(N2[CH]N(C)c3ccccc32)CC1. The molecular formula is C24H34N5O2. The second-order valence-electron chi connectivity index (χ2n) is 9.08. The molecule has 1 amide bonds. The normalized spacial score (nSPS) is 21.0. The minimum Gasteiger partial charge on any atom is -0.349 e. The standard InChI is InChI=1S/C24H34N5O2/c1-18(16-20(25)23(30)11-15-28-12-5-8-24(28)31)27-13-9-19(10-14-27)29-17-26(2)21-6-3-4-7-22(21)29/h3-4,6-7,17-19,25H,5,8-16H2,1-2H3/t18-/m0/s1. The van der Waals surface area contributed by atoms with Crippen LogP contribution in [0.3, 0.4) is 0 Å². The lowest BCUT2D eigenvalue weighted by Crippen LogP contribution is -2.47. The predicted octanol–water partition coefficient (Wildman–Crippen LogP) is 2.91. The van der Waals surface area contributed by atoms with E-state index in [0.29, 0.717) is 25.4 Å². The van der Waals surface area contributed by atoms with Gasteiger partial charge in [-0.2, -0.15) is 0 Å². The van der Waals surface area contributed by atoms with Gasteiger partial charge in [-0.05, 0) is 38.3 Å². The molecule has 1 radical (unpaired) electrons. The number of piperidine rings is 1. The first-order valence-electron chi connectivity index (χ1n) is 11.5. The fraction of sp³-hybridized carbons (Fsp3) is 0.583. The quantitative estimate of drug-likeness (QED) is 0.650. The van der Waals surface area contributed by atoms with E-state index >= 15 is 0 Å². The zero-order valence-electron chi connectivity index (χ0n) is 18.7. The van der Waals surface area contributed by atoms with Gasteiger partial charge in [0.1, 0.15) is 6.67 Å². The molecule has 0 bridgehead atoms. The summed E-state index contributed by atoms with van der Waals surface area (Å²) in [6.45, 7) is 7.49. The Hall–Kier alpha value is -2.41. The fourth-order valence-corrected chi connectivity index (χ4v) is 5.05. The fourth-order valence-electron chi connectivity index (χ4n) is 5.05. The van der Waals surface area contributed by atoms with E-state index < -0.39 is 0 Å². The van der Waals surface area contributed by atoms with E-state index in [1.54, 1.807) is 4.90 Å². The highest BCUT2D eigenvalue weighted by Crippen LogP contribution is 2.39. The van der Waals surface area contributed by atoms with Crippen LogP contribution >= 0.6 is 0 Å². The first-order valence-corrected chi connectivity index (χ1v) is 11.5. The molecule has 1 aromatic carbocycles. The number of para-hydroxylation sites is 2. The molecule has 1 aromatic rings. The van der Waals surface area contributed by atoms with Crippen LogP contribution in [0.5, 0.6) is 0 Å². The topological polar surface area (TPSA) is 70.9 Å². The van der Waals surface area contributed by atoms with Crippen molar-refractivity contribution in [1.82, 2.24) is 9.80 Å². The summed E-state index contributed by atoms with van der Waals surface area (Å²) in [6.07, 6.45) is 4.38. The molecule has 3 aliphatic heterocycles. The third-order valence-electron chi connectivity index (χ3n) is 6.97. The van der Waals surface area contributed by atoms with Gasteiger partial charge < -0.3 is 25.0 Å². The van der Waals surface area contributed by atoms with Crippen LogP contribution in [0.4, 0.5) is 11.4 Å². The van der Waals surface area contributed by atoms with Crippen molar-refractivity contribution in [2.24, 2.45) is 0 Å². The number of carbonyl (C=O) groups excluding carboxylic acids is 2. The number of nitrogens with zero attached hydrogens (tertiary/aromatic N) is 4. The van der Waals surface area contributed by atoms with Crippen molar-refractivity contribution in [3.63, 3.8) is 0 Å². The second-order valence-corrected chi connectivity index (χ2v) is 9.08. The lowest BCUT2D eigenvalue weighted by Gasteiger charge is -2.40. The molecule has 2 saturated heterocycles. The molecule has 0 spiro atoms. The second kappa shape index (κ2) is 9.39. The Bertz CT molecular complexity index is 833. The molecule has 3 aliphatic rings. The Labute approximate surface area is 185 Å². The molecule has 3 heterocycles. The van der Waals surface area contributed by atoms with Gasteiger partial charge in [0.2, 0.25) is 5.91 Å². The molecule has 7 nitrogen and oxygen atoms in total. The number of hydrogen-bond donors (Lipinski definition) is 1. The van der Waals surface area contributed by atoms with E-state index in [-0.39, 0.29) is 29.9 Å². The van der Waals surface area contributed by atoms with Crippen LogP contribution in [0.1, 0.15) is 45.4 Å². The van der Waals surface area contributed by atoms with Gasteiger partial charge in [-0.25, -0.2) is 0 Å². The lowest BCUT2D eigenvalue weighted by atomic mass is 9.98. The van der Waals surface area contributed by atoms with Crippen molar-refractivity contribution in [2.75, 3.05) is 43.0 Å². The maximum atomic E-state index is 12.4. The van der Waals surface area contributed by atoms with Crippen LogP contribution in [-0.2, 0) is 9.59 Å². The number of likely N-dealkylation sites (tertiary alicyclic amines) is 2. The highest BCUT2D eigenvalue weighted by Gasteiger charge is 2.33. The molecule has 0 saturated carbocycles. The maximum Gasteiger partial charge on any atom is 0.222 e. The Kier molecular flexibility index (Phi) is 6.60. The van der Waals surface area contributed by atoms with Crippen LogP contribution in [0.15, 0.2) is 24.3 Å². The number of nitrogens with one attached hydrogen (secondary N) is 1. The Morgan fingerprint density at radius 3 is 2.55 bits per heavy atom. The number of rotatable bonds is 8. The first-order chi connectivity index (χ1) is 14.9. The maximum absolute atomic E-state index is 12.4. The summed E-state index contributed by atoms with van der Waals surface area (Å²) in [5.41, 5.74) is 2.73. The molecule has 4 rings (SSSR count). The number of amides is 1. The molecule has 31 heavy (non-hydrogen) atoms. The van der Waals surface area contributed by atoms with E-state index in [4.69, 9.17) is 5.41 Å². The highest BCUT2D eigenvalue weighted by molar-refractivity contribution is 6.38. The molecule has 167 valence electrons. The summed E-state index contributed by atoms with van der Waals surface area (Å²) in [7, 11) is 2.10. The molecule has 0 aliphatic carbocycles. The number of fused-ring (bicyclic) bond motifs is 1. The zero-order valence-corrected chi connectivity index (χ0v) is 18.7. The third-order valence-corrected chi connectivity index (χ3v) is 6.97. The van der Waals surface area contributed by atoms with Gasteiger partial charge in [0.15, 0.2) is 5.78 Å². The smallest absolute Gasteiger partial charge is 0.222 e. The largest absolute Gasteiger partial charge is 0.349 e. The summed E-state index contributed by atoms with van der Waals surface area (Å²) in [5, 5.41) is 8.25. The summed E-state index contributed by atoms with van der Waals surface area (Å²) in [6, 6.07) is 9.18. The van der Waals surface area contributed by atoms with Crippen molar-refractivity contribution in [3.05, 3.63) is 30.9 Å². The highest BCUT2D eigenvalue weighted by atomic mass is 16.2. The lowest BCUT2D eigenvalue weighted by molar-refractivity contribution is -0.128. The number of hydrogen-bond acceptors (Lipinski definition) is 6. The van der Waals surface area contributed by atoms with Crippen molar-refractivity contribution in [1.29, 1.82) is 5.41 Å². The average molecular weight is 425 g/mol. The Morgan fingerprint density at radius 1 is 1.16 bits per heavy atom. The number of benzene rings is 1. The Morgan fingerprint density at radius 2 is 1.87 bits per heavy atom. The summed E-state index contributed by atoms with van der Waals surface area (Å²) in [5.74, 6) is 0.0207. The van der Waals surface area contributed by atoms with Gasteiger partial charge in [0.05, 0.1) is 17.1 Å². The average Bonchev–Trinajstić information content (AvgIpc) is 3.35. The summed E-state index contributed by atoms with van der Waals surface area (Å²) >= 11 is 0. The van der Waals surface area contributed by atoms with E-state index in [2.05, 4.69) is 59.6 Å². The van der Waals surface area contributed by atoms with Crippen molar-refractivity contribution >= 4 is 28.8 Å². The predicted molar refractivity (Wildman–Crippen MR) is 123 cm³/mol. The molecule has 2 fully saturated rings. The van der Waals surface area contributed by atoms with Crippen LogP contribution < -0.4 is 9.80 Å². The molecule has 7 heteroatoms. The van der Waals surface area contributed by atoms with E-state index in [0.717, 1.165) is 38.9 Å². The van der Waals surface area contributed by atoms with Gasteiger partial charge in [-0.3, -0.25) is 9.59 Å². The first kappa shape index (κ1) is 21.8. The van der Waals surface area contributed by atoms with Gasteiger partial charge in [0.25, 0.3) is 0 Å². The molecule has 1 N–H and O–H groups in total. The number of ketones is 1.